The minimum atomic E-state index is -5.09. The van der Waals surface area contributed by atoms with Gasteiger partial charge in [-0.1, -0.05) is 12.1 Å². The summed E-state index contributed by atoms with van der Waals surface area (Å²) in [6.07, 6.45) is -2.38. The number of hydrogen-bond acceptors (Lipinski definition) is 5. The lowest BCUT2D eigenvalue weighted by Gasteiger charge is -2.22. The number of halogens is 5. The second kappa shape index (κ2) is 8.93. The number of primary amides is 1. The lowest BCUT2D eigenvalue weighted by Crippen LogP contribution is -2.33. The minimum Gasteiger partial charge on any atom is -0.366 e. The number of anilines is 2. The van der Waals surface area contributed by atoms with Crippen LogP contribution in [-0.2, 0) is 16.4 Å². The number of nitrogens with two attached hydrogens (primary N) is 1. The third-order valence-electron chi connectivity index (χ3n) is 6.48. The van der Waals surface area contributed by atoms with Crippen molar-refractivity contribution in [3.8, 4) is 22.4 Å². The van der Waals surface area contributed by atoms with Crippen LogP contribution in [0.1, 0.15) is 35.5 Å². The first-order chi connectivity index (χ1) is 18.3. The molecule has 0 saturated heterocycles. The van der Waals surface area contributed by atoms with E-state index in [0.29, 0.717) is 17.3 Å². The SMILES string of the molecule is CC1(C)C(=O)N(c2ccncn2)c2cccc(-c3cc(C(N)=O)c(C(F)(F)F)nc3-c3ccc(F)c(F)c3)c21. The Labute approximate surface area is 218 Å². The van der Waals surface area contributed by atoms with Crippen LogP contribution in [-0.4, -0.2) is 26.8 Å². The first kappa shape index (κ1) is 25.9. The molecule has 1 aliphatic heterocycles. The van der Waals surface area contributed by atoms with Crippen LogP contribution < -0.4 is 10.6 Å². The predicted octanol–water partition coefficient (Wildman–Crippen LogP) is 5.56. The van der Waals surface area contributed by atoms with Crippen molar-refractivity contribution in [3.05, 3.63) is 89.5 Å². The highest BCUT2D eigenvalue weighted by Crippen LogP contribution is 2.50. The first-order valence-corrected chi connectivity index (χ1v) is 11.4. The molecule has 1 aliphatic rings. The van der Waals surface area contributed by atoms with Gasteiger partial charge in [0, 0.05) is 17.3 Å². The van der Waals surface area contributed by atoms with Crippen molar-refractivity contribution in [1.29, 1.82) is 0 Å². The highest BCUT2D eigenvalue weighted by Gasteiger charge is 2.47. The number of amides is 2. The van der Waals surface area contributed by atoms with Gasteiger partial charge in [-0.3, -0.25) is 14.5 Å². The van der Waals surface area contributed by atoms with Crippen molar-refractivity contribution in [2.45, 2.75) is 25.4 Å². The Morgan fingerprint density at radius 2 is 1.74 bits per heavy atom. The number of nitrogens with zero attached hydrogens (tertiary/aromatic N) is 4. The Kier molecular flexibility index (Phi) is 5.93. The van der Waals surface area contributed by atoms with Crippen LogP contribution in [0.5, 0.6) is 0 Å². The van der Waals surface area contributed by atoms with Gasteiger partial charge in [-0.15, -0.1) is 0 Å². The number of pyridine rings is 1. The van der Waals surface area contributed by atoms with Crippen molar-refractivity contribution in [2.75, 3.05) is 4.90 Å². The standard InChI is InChI=1S/C27H18F5N5O2/c1-26(2)21-14(4-3-5-19(21)37(25(26)39)20-8-9-34-12-35-20)15-11-16(24(33)38)23(27(30,31)32)36-22(15)13-6-7-17(28)18(29)10-13/h3-12H,1-2H3,(H2,33,38). The van der Waals surface area contributed by atoms with Crippen molar-refractivity contribution in [3.63, 3.8) is 0 Å². The summed E-state index contributed by atoms with van der Waals surface area (Å²) >= 11 is 0. The zero-order valence-corrected chi connectivity index (χ0v) is 20.3. The molecule has 7 nitrogen and oxygen atoms in total. The molecule has 2 amide bonds. The Morgan fingerprint density at radius 1 is 1.00 bits per heavy atom. The van der Waals surface area contributed by atoms with E-state index < -0.39 is 40.4 Å². The second-order valence-electron chi connectivity index (χ2n) is 9.30. The fourth-order valence-electron chi connectivity index (χ4n) is 4.73. The Hall–Kier alpha value is -4.74. The minimum absolute atomic E-state index is 0.0370. The van der Waals surface area contributed by atoms with Crippen molar-refractivity contribution in [1.82, 2.24) is 15.0 Å². The van der Waals surface area contributed by atoms with Gasteiger partial charge in [0.1, 0.15) is 12.1 Å². The van der Waals surface area contributed by atoms with E-state index in [0.717, 1.165) is 18.2 Å². The quantitative estimate of drug-likeness (QED) is 0.342. The van der Waals surface area contributed by atoms with Gasteiger partial charge in [-0.2, -0.15) is 13.2 Å². The largest absolute Gasteiger partial charge is 0.434 e. The number of carbonyl (C=O) groups excluding carboxylic acids is 2. The van der Waals surface area contributed by atoms with Crippen LogP contribution in [0.25, 0.3) is 22.4 Å². The van der Waals surface area contributed by atoms with Crippen LogP contribution in [0.4, 0.5) is 33.5 Å². The molecule has 3 heterocycles. The summed E-state index contributed by atoms with van der Waals surface area (Å²) in [4.78, 5) is 38.8. The number of aromatic nitrogens is 3. The smallest absolute Gasteiger partial charge is 0.366 e. The second-order valence-corrected chi connectivity index (χ2v) is 9.30. The molecule has 12 heteroatoms. The summed E-state index contributed by atoms with van der Waals surface area (Å²) in [5.74, 6) is -4.02. The molecular weight excluding hydrogens is 521 g/mol. The van der Waals surface area contributed by atoms with Crippen LogP contribution >= 0.6 is 0 Å². The van der Waals surface area contributed by atoms with Gasteiger partial charge < -0.3 is 5.73 Å². The fraction of sp³-hybridized carbons (Fsp3) is 0.148. The van der Waals surface area contributed by atoms with Gasteiger partial charge in [0.25, 0.3) is 5.91 Å². The Balaban J connectivity index is 1.87. The van der Waals surface area contributed by atoms with E-state index in [-0.39, 0.29) is 34.1 Å². The molecule has 0 atom stereocenters. The first-order valence-electron chi connectivity index (χ1n) is 11.4. The molecule has 198 valence electrons. The number of rotatable bonds is 4. The monoisotopic (exact) mass is 539 g/mol. The lowest BCUT2D eigenvalue weighted by atomic mass is 9.80. The molecule has 39 heavy (non-hydrogen) atoms. The maximum absolute atomic E-state index is 14.2. The van der Waals surface area contributed by atoms with Crippen LogP contribution in [0.15, 0.2) is 61.1 Å². The molecule has 0 fully saturated rings. The van der Waals surface area contributed by atoms with E-state index >= 15 is 0 Å². The summed E-state index contributed by atoms with van der Waals surface area (Å²) in [6, 6.07) is 9.70. The average molecular weight is 539 g/mol. The summed E-state index contributed by atoms with van der Waals surface area (Å²) in [5.41, 5.74) is 2.01. The highest BCUT2D eigenvalue weighted by molar-refractivity contribution is 6.14. The van der Waals surface area contributed by atoms with Gasteiger partial charge in [0.15, 0.2) is 17.3 Å². The maximum atomic E-state index is 14.2. The van der Waals surface area contributed by atoms with E-state index in [1.54, 1.807) is 26.0 Å². The zero-order valence-electron chi connectivity index (χ0n) is 20.3. The molecule has 0 saturated carbocycles. The summed E-state index contributed by atoms with van der Waals surface area (Å²) in [6.45, 7) is 3.26. The zero-order chi connectivity index (χ0) is 28.3. The number of benzene rings is 2. The summed E-state index contributed by atoms with van der Waals surface area (Å²) in [5, 5.41) is 0. The number of hydrogen-bond donors (Lipinski definition) is 1. The van der Waals surface area contributed by atoms with Gasteiger partial charge in [0.2, 0.25) is 5.91 Å². The molecule has 4 aromatic rings. The molecule has 0 aliphatic carbocycles. The molecular formula is C27H18F5N5O2. The van der Waals surface area contributed by atoms with E-state index in [4.69, 9.17) is 5.73 Å². The van der Waals surface area contributed by atoms with Crippen LogP contribution in [0.2, 0.25) is 0 Å². The van der Waals surface area contributed by atoms with Gasteiger partial charge >= 0.3 is 6.18 Å². The van der Waals surface area contributed by atoms with Gasteiger partial charge in [-0.05, 0) is 61.4 Å². The molecule has 0 bridgehead atoms. The molecule has 0 spiro atoms. The van der Waals surface area contributed by atoms with Crippen LogP contribution in [0.3, 0.4) is 0 Å². The molecule has 2 aromatic carbocycles. The third kappa shape index (κ3) is 4.17. The molecule has 2 N–H and O–H groups in total. The van der Waals surface area contributed by atoms with Gasteiger partial charge in [-0.25, -0.2) is 23.7 Å². The Bertz CT molecular complexity index is 1650. The lowest BCUT2D eigenvalue weighted by molar-refractivity contribution is -0.141. The normalized spacial score (nSPS) is 14.4. The van der Waals surface area contributed by atoms with E-state index in [1.807, 2.05) is 0 Å². The fourth-order valence-corrected chi connectivity index (χ4v) is 4.73. The summed E-state index contributed by atoms with van der Waals surface area (Å²) < 4.78 is 69.8. The average Bonchev–Trinajstić information content (AvgIpc) is 3.10. The number of alkyl halides is 3. The topological polar surface area (TPSA) is 102 Å². The number of fused-ring (bicyclic) bond motifs is 1. The highest BCUT2D eigenvalue weighted by atomic mass is 19.4. The molecule has 2 aromatic heterocycles. The molecule has 0 unspecified atom stereocenters. The Morgan fingerprint density at radius 3 is 2.36 bits per heavy atom. The maximum Gasteiger partial charge on any atom is 0.434 e. The summed E-state index contributed by atoms with van der Waals surface area (Å²) in [7, 11) is 0. The van der Waals surface area contributed by atoms with Crippen LogP contribution in [0, 0.1) is 11.6 Å². The molecule has 5 rings (SSSR count). The van der Waals surface area contributed by atoms with Crippen molar-refractivity contribution < 1.29 is 31.5 Å². The predicted molar refractivity (Wildman–Crippen MR) is 131 cm³/mol. The van der Waals surface area contributed by atoms with E-state index in [2.05, 4.69) is 15.0 Å². The number of carbonyl (C=O) groups is 2. The van der Waals surface area contributed by atoms with Crippen molar-refractivity contribution in [2.24, 2.45) is 5.73 Å². The third-order valence-corrected chi connectivity index (χ3v) is 6.48. The van der Waals surface area contributed by atoms with Gasteiger partial charge in [0.05, 0.1) is 22.4 Å². The van der Waals surface area contributed by atoms with E-state index in [9.17, 15) is 31.5 Å². The molecule has 0 radical (unpaired) electrons. The van der Waals surface area contributed by atoms with Crippen molar-refractivity contribution >= 4 is 23.3 Å². The van der Waals surface area contributed by atoms with E-state index in [1.165, 1.54) is 29.6 Å².